The summed E-state index contributed by atoms with van der Waals surface area (Å²) in [5.74, 6) is 1.16. The van der Waals surface area contributed by atoms with Gasteiger partial charge in [-0.25, -0.2) is 4.98 Å². The van der Waals surface area contributed by atoms with Gasteiger partial charge in [0.1, 0.15) is 12.1 Å². The smallest absolute Gasteiger partial charge is 0.118 e. The summed E-state index contributed by atoms with van der Waals surface area (Å²) in [6.07, 6.45) is 2.93. The van der Waals surface area contributed by atoms with E-state index >= 15 is 0 Å². The van der Waals surface area contributed by atoms with Gasteiger partial charge in [0.2, 0.25) is 0 Å². The van der Waals surface area contributed by atoms with Gasteiger partial charge in [-0.15, -0.1) is 0 Å². The first-order valence-corrected chi connectivity index (χ1v) is 5.88. The van der Waals surface area contributed by atoms with Crippen molar-refractivity contribution in [2.45, 2.75) is 13.3 Å². The van der Waals surface area contributed by atoms with Crippen molar-refractivity contribution in [1.29, 1.82) is 0 Å². The summed E-state index contributed by atoms with van der Waals surface area (Å²) in [6.45, 7) is 2.17. The Hall–Kier alpha value is -2.03. The first-order chi connectivity index (χ1) is 8.31. The Balaban J connectivity index is 2.24. The predicted molar refractivity (Wildman–Crippen MR) is 69.4 cm³/mol. The zero-order valence-electron chi connectivity index (χ0n) is 10.1. The van der Waals surface area contributed by atoms with Crippen LogP contribution in [0, 0.1) is 0 Å². The van der Waals surface area contributed by atoms with Crippen LogP contribution in [0.25, 0.3) is 16.9 Å². The van der Waals surface area contributed by atoms with Crippen molar-refractivity contribution < 1.29 is 0 Å². The van der Waals surface area contributed by atoms with Gasteiger partial charge in [0, 0.05) is 12.7 Å². The molecule has 3 heteroatoms. The van der Waals surface area contributed by atoms with Crippen LogP contribution in [0.4, 0.5) is 0 Å². The lowest BCUT2D eigenvalue weighted by Gasteiger charge is -2.07. The van der Waals surface area contributed by atoms with Crippen LogP contribution in [-0.4, -0.2) is 14.1 Å². The predicted octanol–water partition coefficient (Wildman–Crippen LogP) is 2.93. The van der Waals surface area contributed by atoms with Gasteiger partial charge >= 0.3 is 0 Å². The Kier molecular flexibility index (Phi) is 2.25. The van der Waals surface area contributed by atoms with Crippen LogP contribution in [0.1, 0.15) is 12.6 Å². The van der Waals surface area contributed by atoms with E-state index in [1.54, 1.807) is 0 Å². The average molecular weight is 225 g/mol. The highest BCUT2D eigenvalue weighted by Crippen LogP contribution is 2.19. The first-order valence-electron chi connectivity index (χ1n) is 5.88. The molecule has 0 aliphatic rings. The number of imidazole rings is 1. The monoisotopic (exact) mass is 225 g/mol. The Morgan fingerprint density at radius 2 is 1.94 bits per heavy atom. The number of hydrogen-bond donors (Lipinski definition) is 0. The summed E-state index contributed by atoms with van der Waals surface area (Å²) in [7, 11) is 2.10. The zero-order valence-corrected chi connectivity index (χ0v) is 10.1. The maximum absolute atomic E-state index is 4.42. The molecule has 3 nitrogen and oxygen atoms in total. The topological polar surface area (TPSA) is 22.8 Å². The summed E-state index contributed by atoms with van der Waals surface area (Å²) in [5, 5.41) is 0. The highest BCUT2D eigenvalue weighted by atomic mass is 15.2. The minimum absolute atomic E-state index is 1.03. The lowest BCUT2D eigenvalue weighted by atomic mass is 10.3. The number of para-hydroxylation sites is 2. The normalized spacial score (nSPS) is 11.2. The molecule has 0 saturated carbocycles. The molecule has 3 rings (SSSR count). The van der Waals surface area contributed by atoms with E-state index in [4.69, 9.17) is 0 Å². The van der Waals surface area contributed by atoms with Crippen LogP contribution in [0.5, 0.6) is 0 Å². The van der Waals surface area contributed by atoms with Crippen molar-refractivity contribution in [3.63, 3.8) is 0 Å². The fourth-order valence-corrected chi connectivity index (χ4v) is 2.28. The molecule has 17 heavy (non-hydrogen) atoms. The molecule has 0 aliphatic heterocycles. The molecule has 0 saturated heterocycles. The van der Waals surface area contributed by atoms with Gasteiger partial charge in [0.25, 0.3) is 0 Å². The van der Waals surface area contributed by atoms with Gasteiger partial charge in [-0.2, -0.15) is 0 Å². The summed E-state index contributed by atoms with van der Waals surface area (Å²) in [4.78, 5) is 4.42. The van der Waals surface area contributed by atoms with Crippen LogP contribution in [0.3, 0.4) is 0 Å². The number of nitrogens with zero attached hydrogens (tertiary/aromatic N) is 3. The standard InChI is InChI=1S/C14H15N3/c1-3-11-8-9-14(16(11)2)17-10-15-12-6-4-5-7-13(12)17/h4-10H,3H2,1-2H3. The Bertz CT molecular complexity index is 661. The van der Waals surface area contributed by atoms with Crippen molar-refractivity contribution in [3.05, 3.63) is 48.4 Å². The third-order valence-corrected chi connectivity index (χ3v) is 3.26. The number of hydrogen-bond acceptors (Lipinski definition) is 1. The molecule has 0 unspecified atom stereocenters. The molecule has 0 radical (unpaired) electrons. The minimum atomic E-state index is 1.03. The lowest BCUT2D eigenvalue weighted by molar-refractivity contribution is 0.796. The summed E-state index contributed by atoms with van der Waals surface area (Å²) in [5.41, 5.74) is 3.51. The number of fused-ring (bicyclic) bond motifs is 1. The van der Waals surface area contributed by atoms with Crippen LogP contribution >= 0.6 is 0 Å². The summed E-state index contributed by atoms with van der Waals surface area (Å²) >= 11 is 0. The van der Waals surface area contributed by atoms with Gasteiger partial charge in [-0.05, 0) is 30.7 Å². The molecule has 0 atom stereocenters. The Labute approximate surface area is 100 Å². The van der Waals surface area contributed by atoms with Crippen molar-refractivity contribution in [2.75, 3.05) is 0 Å². The van der Waals surface area contributed by atoms with Gasteiger partial charge < -0.3 is 4.57 Å². The largest absolute Gasteiger partial charge is 0.334 e. The van der Waals surface area contributed by atoms with E-state index in [2.05, 4.69) is 46.3 Å². The highest BCUT2D eigenvalue weighted by molar-refractivity contribution is 5.76. The molecule has 86 valence electrons. The molecule has 0 fully saturated rings. The molecule has 2 heterocycles. The second-order valence-electron chi connectivity index (χ2n) is 4.20. The maximum atomic E-state index is 4.42. The fourth-order valence-electron chi connectivity index (χ4n) is 2.28. The van der Waals surface area contributed by atoms with E-state index in [0.29, 0.717) is 0 Å². The van der Waals surface area contributed by atoms with E-state index in [1.807, 2.05) is 24.5 Å². The van der Waals surface area contributed by atoms with Gasteiger partial charge in [-0.1, -0.05) is 19.1 Å². The average Bonchev–Trinajstić information content (AvgIpc) is 2.92. The van der Waals surface area contributed by atoms with E-state index in [-0.39, 0.29) is 0 Å². The molecule has 1 aromatic carbocycles. The SMILES string of the molecule is CCc1ccc(-n2cnc3ccccc32)n1C. The van der Waals surface area contributed by atoms with Crippen molar-refractivity contribution in [2.24, 2.45) is 7.05 Å². The molecule has 0 aliphatic carbocycles. The summed E-state index contributed by atoms with van der Waals surface area (Å²) < 4.78 is 4.35. The van der Waals surface area contributed by atoms with E-state index < -0.39 is 0 Å². The number of aromatic nitrogens is 3. The van der Waals surface area contributed by atoms with Crippen molar-refractivity contribution in [1.82, 2.24) is 14.1 Å². The molecule has 0 amide bonds. The fraction of sp³-hybridized carbons (Fsp3) is 0.214. The quantitative estimate of drug-likeness (QED) is 0.657. The number of rotatable bonds is 2. The van der Waals surface area contributed by atoms with Crippen LogP contribution in [0.2, 0.25) is 0 Å². The summed E-state index contributed by atoms with van der Waals surface area (Å²) in [6, 6.07) is 12.5. The van der Waals surface area contributed by atoms with Gasteiger partial charge in [-0.3, -0.25) is 4.57 Å². The van der Waals surface area contributed by atoms with Crippen molar-refractivity contribution in [3.8, 4) is 5.82 Å². The van der Waals surface area contributed by atoms with E-state index in [0.717, 1.165) is 23.3 Å². The second-order valence-corrected chi connectivity index (χ2v) is 4.20. The molecular weight excluding hydrogens is 210 g/mol. The maximum Gasteiger partial charge on any atom is 0.118 e. The molecule has 2 aromatic heterocycles. The molecule has 0 spiro atoms. The first kappa shape index (κ1) is 10.1. The number of benzene rings is 1. The Morgan fingerprint density at radius 3 is 2.71 bits per heavy atom. The lowest BCUT2D eigenvalue weighted by Crippen LogP contribution is -2.02. The van der Waals surface area contributed by atoms with Gasteiger partial charge in [0.05, 0.1) is 11.0 Å². The molecule has 0 bridgehead atoms. The molecular formula is C14H15N3. The van der Waals surface area contributed by atoms with Crippen LogP contribution in [0.15, 0.2) is 42.7 Å². The molecule has 0 N–H and O–H groups in total. The van der Waals surface area contributed by atoms with Crippen molar-refractivity contribution >= 4 is 11.0 Å². The zero-order chi connectivity index (χ0) is 11.8. The van der Waals surface area contributed by atoms with Gasteiger partial charge in [0.15, 0.2) is 0 Å². The second kappa shape index (κ2) is 3.77. The highest BCUT2D eigenvalue weighted by Gasteiger charge is 2.08. The Morgan fingerprint density at radius 1 is 1.12 bits per heavy atom. The molecule has 3 aromatic rings. The van der Waals surface area contributed by atoms with E-state index in [1.165, 1.54) is 5.69 Å². The minimum Gasteiger partial charge on any atom is -0.334 e. The third kappa shape index (κ3) is 1.46. The van der Waals surface area contributed by atoms with Crippen LogP contribution in [-0.2, 0) is 13.5 Å². The van der Waals surface area contributed by atoms with Crippen LogP contribution < -0.4 is 0 Å². The third-order valence-electron chi connectivity index (χ3n) is 3.26. The number of aryl methyl sites for hydroxylation is 1. The van der Waals surface area contributed by atoms with E-state index in [9.17, 15) is 0 Å².